The quantitative estimate of drug-likeness (QED) is 0.889. The molecule has 1 atom stereocenters. The second-order valence-electron chi connectivity index (χ2n) is 7.04. The van der Waals surface area contributed by atoms with Crippen molar-refractivity contribution in [1.82, 2.24) is 20.3 Å². The number of nitrogens with one attached hydrogen (secondary N) is 1. The molecule has 2 heterocycles. The smallest absolute Gasteiger partial charge is 0.252 e. The van der Waals surface area contributed by atoms with Crippen LogP contribution >= 0.6 is 11.3 Å². The molecule has 7 heteroatoms. The number of carbonyl (C=O) groups is 1. The molecule has 0 aliphatic heterocycles. The van der Waals surface area contributed by atoms with Gasteiger partial charge in [-0.3, -0.25) is 4.79 Å². The molecule has 0 saturated heterocycles. The van der Waals surface area contributed by atoms with Crippen molar-refractivity contribution in [3.05, 3.63) is 34.3 Å². The highest BCUT2D eigenvalue weighted by Crippen LogP contribution is 2.40. The number of aromatic nitrogens is 3. The molecule has 0 aromatic carbocycles. The topological polar surface area (TPSA) is 83.6 Å². The molecule has 0 radical (unpaired) electrons. The Morgan fingerprint density at radius 2 is 2.24 bits per heavy atom. The zero-order valence-electron chi connectivity index (χ0n) is 14.6. The highest BCUT2D eigenvalue weighted by Gasteiger charge is 2.41. The first-order chi connectivity index (χ1) is 12.0. The van der Waals surface area contributed by atoms with Gasteiger partial charge in [0.15, 0.2) is 0 Å². The third kappa shape index (κ3) is 3.74. The first kappa shape index (κ1) is 17.6. The number of hydrogen-bond donors (Lipinski definition) is 1. The fourth-order valence-corrected chi connectivity index (χ4v) is 4.23. The van der Waals surface area contributed by atoms with Gasteiger partial charge in [0.1, 0.15) is 12.2 Å². The summed E-state index contributed by atoms with van der Waals surface area (Å²) in [6.45, 7) is 4.43. The fraction of sp³-hybridized carbons (Fsp3) is 0.556. The third-order valence-corrected chi connectivity index (χ3v) is 5.95. The molecule has 1 fully saturated rings. The zero-order valence-corrected chi connectivity index (χ0v) is 15.4. The van der Waals surface area contributed by atoms with Gasteiger partial charge in [-0.2, -0.15) is 31.6 Å². The van der Waals surface area contributed by atoms with Crippen LogP contribution in [0.25, 0.3) is 0 Å². The number of nitriles is 1. The van der Waals surface area contributed by atoms with Gasteiger partial charge in [0, 0.05) is 5.38 Å². The van der Waals surface area contributed by atoms with E-state index in [-0.39, 0.29) is 12.5 Å². The Morgan fingerprint density at radius 1 is 1.48 bits per heavy atom. The van der Waals surface area contributed by atoms with E-state index in [2.05, 4.69) is 22.4 Å². The van der Waals surface area contributed by atoms with E-state index in [4.69, 9.17) is 5.26 Å². The summed E-state index contributed by atoms with van der Waals surface area (Å²) in [4.78, 5) is 14.1. The maximum Gasteiger partial charge on any atom is 0.252 e. The van der Waals surface area contributed by atoms with Crippen LogP contribution in [0.2, 0.25) is 0 Å². The molecule has 2 aromatic heterocycles. The first-order valence-electron chi connectivity index (χ1n) is 8.65. The minimum Gasteiger partial charge on any atom is -0.341 e. The molecular weight excluding hydrogens is 334 g/mol. The van der Waals surface area contributed by atoms with Gasteiger partial charge in [-0.25, -0.2) is 0 Å². The van der Waals surface area contributed by atoms with Gasteiger partial charge >= 0.3 is 0 Å². The molecule has 0 bridgehead atoms. The van der Waals surface area contributed by atoms with Gasteiger partial charge in [0.2, 0.25) is 0 Å². The predicted octanol–water partition coefficient (Wildman–Crippen LogP) is 3.33. The molecule has 1 aliphatic carbocycles. The number of rotatable bonds is 5. The van der Waals surface area contributed by atoms with Gasteiger partial charge in [-0.05, 0) is 43.0 Å². The highest BCUT2D eigenvalue weighted by molar-refractivity contribution is 7.08. The Bertz CT molecular complexity index is 755. The van der Waals surface area contributed by atoms with Crippen LogP contribution in [0.15, 0.2) is 23.0 Å². The second kappa shape index (κ2) is 7.36. The van der Waals surface area contributed by atoms with Crippen molar-refractivity contribution in [2.45, 2.75) is 51.6 Å². The minimum absolute atomic E-state index is 0.0859. The summed E-state index contributed by atoms with van der Waals surface area (Å²) in [5, 5.41) is 24.5. The van der Waals surface area contributed by atoms with Crippen LogP contribution in [0.1, 0.15) is 55.6 Å². The minimum atomic E-state index is -0.590. The lowest BCUT2D eigenvalue weighted by Crippen LogP contribution is -2.50. The lowest BCUT2D eigenvalue weighted by Gasteiger charge is -2.40. The van der Waals surface area contributed by atoms with E-state index in [1.54, 1.807) is 6.20 Å². The summed E-state index contributed by atoms with van der Waals surface area (Å²) in [5.74, 6) is 0.943. The number of amides is 1. The molecule has 0 spiro atoms. The predicted molar refractivity (Wildman–Crippen MR) is 95.9 cm³/mol. The Kier molecular flexibility index (Phi) is 5.19. The molecule has 1 saturated carbocycles. The van der Waals surface area contributed by atoms with Crippen molar-refractivity contribution in [2.24, 2.45) is 11.8 Å². The second-order valence-corrected chi connectivity index (χ2v) is 7.82. The molecule has 6 nitrogen and oxygen atoms in total. The molecule has 3 rings (SSSR count). The number of hydrogen-bond acceptors (Lipinski definition) is 5. The summed E-state index contributed by atoms with van der Waals surface area (Å²) in [7, 11) is 0. The molecule has 25 heavy (non-hydrogen) atoms. The molecule has 1 amide bonds. The van der Waals surface area contributed by atoms with Crippen LogP contribution in [0.3, 0.4) is 0 Å². The van der Waals surface area contributed by atoms with Crippen LogP contribution < -0.4 is 5.32 Å². The van der Waals surface area contributed by atoms with Crippen LogP contribution in [0, 0.1) is 23.2 Å². The van der Waals surface area contributed by atoms with Crippen molar-refractivity contribution in [3.63, 3.8) is 0 Å². The lowest BCUT2D eigenvalue weighted by atomic mass is 9.71. The zero-order chi connectivity index (χ0) is 17.9. The van der Waals surface area contributed by atoms with Gasteiger partial charge < -0.3 is 5.32 Å². The molecule has 132 valence electrons. The van der Waals surface area contributed by atoms with E-state index in [1.165, 1.54) is 16.1 Å². The van der Waals surface area contributed by atoms with E-state index in [1.807, 2.05) is 29.8 Å². The molecule has 0 unspecified atom stereocenters. The molecule has 1 N–H and O–H groups in total. The summed E-state index contributed by atoms with van der Waals surface area (Å²) < 4.78 is 0. The monoisotopic (exact) mass is 357 g/mol. The Morgan fingerprint density at radius 3 is 2.88 bits per heavy atom. The van der Waals surface area contributed by atoms with E-state index in [0.29, 0.717) is 11.5 Å². The Balaban J connectivity index is 1.89. The summed E-state index contributed by atoms with van der Waals surface area (Å²) >= 11 is 1.51. The van der Waals surface area contributed by atoms with Crippen LogP contribution in [-0.2, 0) is 12.1 Å². The van der Waals surface area contributed by atoms with Gasteiger partial charge in [-0.15, -0.1) is 0 Å². The van der Waals surface area contributed by atoms with Crippen LogP contribution in [0.5, 0.6) is 0 Å². The summed E-state index contributed by atoms with van der Waals surface area (Å²) in [6, 6.07) is 3.88. The largest absolute Gasteiger partial charge is 0.341 e. The van der Waals surface area contributed by atoms with E-state index in [0.717, 1.165) is 37.3 Å². The van der Waals surface area contributed by atoms with E-state index in [9.17, 15) is 4.79 Å². The molecule has 2 aromatic rings. The maximum atomic E-state index is 12.7. The Labute approximate surface area is 151 Å². The Hall–Kier alpha value is -2.20. The molecular formula is C18H23N5OS. The SMILES string of the molecule is C[C@@](NC(=O)c1ccsc1)(c1cnn(CC#N)n1)[C@H]1CC[C@H](C)CC1. The van der Waals surface area contributed by atoms with Crippen molar-refractivity contribution in [1.29, 1.82) is 5.26 Å². The number of thiophene rings is 1. The highest BCUT2D eigenvalue weighted by atomic mass is 32.1. The standard InChI is InChI=1S/C18H23N5OS/c1-13-3-5-15(6-4-13)18(2,16-11-20-23(22-16)9-8-19)21-17(24)14-7-10-25-12-14/h7,10-13,15H,3-6,9H2,1-2H3,(H,21,24)/t13-,15-,18-/m0/s1. The van der Waals surface area contributed by atoms with Crippen LogP contribution in [0.4, 0.5) is 0 Å². The summed E-state index contributed by atoms with van der Waals surface area (Å²) in [5.41, 5.74) is 0.808. The molecule has 1 aliphatic rings. The van der Waals surface area contributed by atoms with Crippen LogP contribution in [-0.4, -0.2) is 20.9 Å². The third-order valence-electron chi connectivity index (χ3n) is 5.27. The lowest BCUT2D eigenvalue weighted by molar-refractivity contribution is 0.0812. The number of carbonyl (C=O) groups excluding carboxylic acids is 1. The van der Waals surface area contributed by atoms with Crippen molar-refractivity contribution < 1.29 is 4.79 Å². The summed E-state index contributed by atoms with van der Waals surface area (Å²) in [6.07, 6.45) is 6.09. The maximum absolute atomic E-state index is 12.7. The van der Waals surface area contributed by atoms with Gasteiger partial charge in [0.05, 0.1) is 23.4 Å². The number of nitrogens with zero attached hydrogens (tertiary/aromatic N) is 4. The van der Waals surface area contributed by atoms with Crippen molar-refractivity contribution >= 4 is 17.2 Å². The normalized spacial score (nSPS) is 22.8. The van der Waals surface area contributed by atoms with Gasteiger partial charge in [-0.1, -0.05) is 19.8 Å². The van der Waals surface area contributed by atoms with Crippen molar-refractivity contribution in [2.75, 3.05) is 0 Å². The van der Waals surface area contributed by atoms with E-state index < -0.39 is 5.54 Å². The van der Waals surface area contributed by atoms with E-state index >= 15 is 0 Å². The first-order valence-corrected chi connectivity index (χ1v) is 9.59. The average molecular weight is 357 g/mol. The van der Waals surface area contributed by atoms with Gasteiger partial charge in [0.25, 0.3) is 5.91 Å². The van der Waals surface area contributed by atoms with Crippen molar-refractivity contribution in [3.8, 4) is 6.07 Å². The fourth-order valence-electron chi connectivity index (χ4n) is 3.59. The average Bonchev–Trinajstić information content (AvgIpc) is 3.27.